The summed E-state index contributed by atoms with van der Waals surface area (Å²) in [5, 5.41) is 6.78. The van der Waals surface area contributed by atoms with Crippen LogP contribution in [-0.2, 0) is 11.3 Å². The number of pyridine rings is 1. The minimum absolute atomic E-state index is 0.0117. The van der Waals surface area contributed by atoms with E-state index >= 15 is 0 Å². The lowest BCUT2D eigenvalue weighted by atomic mass is 10.1. The van der Waals surface area contributed by atoms with Gasteiger partial charge in [0.1, 0.15) is 0 Å². The molecule has 1 aliphatic heterocycles. The lowest BCUT2D eigenvalue weighted by molar-refractivity contribution is -0.0220. The SMILES string of the molecule is CC1(C)CCC(Cn2ccc(-c3nnc(C(F)F)o3)cc2=O)O1. The Hall–Kier alpha value is -2.09. The molecule has 0 aromatic carbocycles. The second kappa shape index (κ2) is 5.84. The molecule has 0 aliphatic carbocycles. The normalized spacial score (nSPS) is 20.3. The summed E-state index contributed by atoms with van der Waals surface area (Å²) >= 11 is 0. The average Bonchev–Trinajstić information content (AvgIpc) is 3.08. The molecule has 2 aromatic heterocycles. The van der Waals surface area contributed by atoms with E-state index in [4.69, 9.17) is 9.15 Å². The Bertz CT molecular complexity index is 754. The molecular weight excluding hydrogens is 308 g/mol. The van der Waals surface area contributed by atoms with Crippen LogP contribution in [0.2, 0.25) is 0 Å². The van der Waals surface area contributed by atoms with Crippen LogP contribution in [0.15, 0.2) is 27.5 Å². The monoisotopic (exact) mass is 325 g/mol. The van der Waals surface area contributed by atoms with Gasteiger partial charge in [0.2, 0.25) is 5.89 Å². The summed E-state index contributed by atoms with van der Waals surface area (Å²) in [4.78, 5) is 12.2. The largest absolute Gasteiger partial charge is 0.415 e. The molecule has 1 aliphatic rings. The molecule has 124 valence electrons. The van der Waals surface area contributed by atoms with Crippen molar-refractivity contribution in [3.05, 3.63) is 34.6 Å². The van der Waals surface area contributed by atoms with Crippen molar-refractivity contribution < 1.29 is 17.9 Å². The summed E-state index contributed by atoms with van der Waals surface area (Å²) < 4.78 is 37.1. The van der Waals surface area contributed by atoms with Crippen molar-refractivity contribution in [1.82, 2.24) is 14.8 Å². The van der Waals surface area contributed by atoms with Gasteiger partial charge in [0.15, 0.2) is 0 Å². The number of hydrogen-bond donors (Lipinski definition) is 0. The molecule has 3 rings (SSSR count). The minimum Gasteiger partial charge on any atom is -0.415 e. The number of alkyl halides is 2. The Morgan fingerprint density at radius 2 is 2.22 bits per heavy atom. The summed E-state index contributed by atoms with van der Waals surface area (Å²) in [5.41, 5.74) is -0.116. The van der Waals surface area contributed by atoms with E-state index in [1.54, 1.807) is 12.3 Å². The van der Waals surface area contributed by atoms with Crippen molar-refractivity contribution in [2.45, 2.75) is 51.4 Å². The molecule has 0 N–H and O–H groups in total. The predicted octanol–water partition coefficient (Wildman–Crippen LogP) is 2.79. The first-order valence-corrected chi connectivity index (χ1v) is 7.34. The smallest absolute Gasteiger partial charge is 0.314 e. The summed E-state index contributed by atoms with van der Waals surface area (Å²) in [6.07, 6.45) is 0.575. The standard InChI is InChI=1S/C15H17F2N3O3/c1-15(2)5-3-10(23-15)8-20-6-4-9(7-11(20)21)13-18-19-14(22-13)12(16)17/h4,6-7,10,12H,3,5,8H2,1-2H3. The third kappa shape index (κ3) is 3.47. The quantitative estimate of drug-likeness (QED) is 0.864. The van der Waals surface area contributed by atoms with Crippen molar-refractivity contribution in [3.8, 4) is 11.5 Å². The van der Waals surface area contributed by atoms with Crippen molar-refractivity contribution in [2.75, 3.05) is 0 Å². The van der Waals surface area contributed by atoms with Gasteiger partial charge in [0, 0.05) is 17.8 Å². The van der Waals surface area contributed by atoms with E-state index in [9.17, 15) is 13.6 Å². The molecule has 0 amide bonds. The highest BCUT2D eigenvalue weighted by Crippen LogP contribution is 2.30. The summed E-state index contributed by atoms with van der Waals surface area (Å²) in [6.45, 7) is 4.50. The molecule has 0 spiro atoms. The van der Waals surface area contributed by atoms with Crippen molar-refractivity contribution >= 4 is 0 Å². The maximum atomic E-state index is 12.5. The van der Waals surface area contributed by atoms with Crippen LogP contribution in [0.3, 0.4) is 0 Å². The molecule has 2 aromatic rings. The number of rotatable bonds is 4. The fourth-order valence-corrected chi connectivity index (χ4v) is 2.66. The van der Waals surface area contributed by atoms with Gasteiger partial charge in [-0.05, 0) is 32.8 Å². The van der Waals surface area contributed by atoms with Gasteiger partial charge in [-0.25, -0.2) is 0 Å². The second-order valence-electron chi connectivity index (χ2n) is 6.19. The summed E-state index contributed by atoms with van der Waals surface area (Å²) in [6, 6.07) is 2.88. The van der Waals surface area contributed by atoms with Crippen molar-refractivity contribution in [1.29, 1.82) is 0 Å². The lowest BCUT2D eigenvalue weighted by Crippen LogP contribution is -2.28. The Morgan fingerprint density at radius 3 is 2.78 bits per heavy atom. The van der Waals surface area contributed by atoms with Crippen molar-refractivity contribution in [3.63, 3.8) is 0 Å². The fraction of sp³-hybridized carbons (Fsp3) is 0.533. The molecule has 1 saturated heterocycles. The first kappa shape index (κ1) is 15.8. The molecular formula is C15H17F2N3O3. The van der Waals surface area contributed by atoms with Gasteiger partial charge in [-0.15, -0.1) is 10.2 Å². The molecule has 0 bridgehead atoms. The van der Waals surface area contributed by atoms with Gasteiger partial charge >= 0.3 is 6.43 Å². The lowest BCUT2D eigenvalue weighted by Gasteiger charge is -2.19. The molecule has 8 heteroatoms. The molecule has 23 heavy (non-hydrogen) atoms. The Kier molecular flexibility index (Phi) is 4.01. The first-order valence-electron chi connectivity index (χ1n) is 7.34. The zero-order chi connectivity index (χ0) is 16.6. The molecule has 1 atom stereocenters. The Labute approximate surface area is 131 Å². The second-order valence-corrected chi connectivity index (χ2v) is 6.19. The molecule has 6 nitrogen and oxygen atoms in total. The van der Waals surface area contributed by atoms with Crippen LogP contribution < -0.4 is 5.56 Å². The highest BCUT2D eigenvalue weighted by atomic mass is 19.3. The van der Waals surface area contributed by atoms with Crippen LogP contribution >= 0.6 is 0 Å². The van der Waals surface area contributed by atoms with E-state index in [1.807, 2.05) is 13.8 Å². The number of ether oxygens (including phenoxy) is 1. The van der Waals surface area contributed by atoms with Crippen LogP contribution in [0.1, 0.15) is 39.0 Å². The molecule has 1 fully saturated rings. The van der Waals surface area contributed by atoms with Gasteiger partial charge in [-0.1, -0.05) is 0 Å². The van der Waals surface area contributed by atoms with Gasteiger partial charge in [0.05, 0.1) is 18.2 Å². The highest BCUT2D eigenvalue weighted by molar-refractivity contribution is 5.50. The van der Waals surface area contributed by atoms with E-state index in [2.05, 4.69) is 10.2 Å². The van der Waals surface area contributed by atoms with Crippen LogP contribution in [0.4, 0.5) is 8.78 Å². The molecule has 1 unspecified atom stereocenters. The van der Waals surface area contributed by atoms with Gasteiger partial charge in [-0.3, -0.25) is 4.79 Å². The summed E-state index contributed by atoms with van der Waals surface area (Å²) in [7, 11) is 0. The third-order valence-corrected chi connectivity index (χ3v) is 3.82. The maximum absolute atomic E-state index is 12.5. The van der Waals surface area contributed by atoms with Gasteiger partial charge < -0.3 is 13.7 Å². The van der Waals surface area contributed by atoms with Crippen molar-refractivity contribution in [2.24, 2.45) is 0 Å². The van der Waals surface area contributed by atoms with E-state index in [-0.39, 0.29) is 23.2 Å². The zero-order valence-corrected chi connectivity index (χ0v) is 12.8. The highest BCUT2D eigenvalue weighted by Gasteiger charge is 2.31. The number of halogens is 2. The topological polar surface area (TPSA) is 70.2 Å². The van der Waals surface area contributed by atoms with Gasteiger partial charge in [0.25, 0.3) is 11.4 Å². The minimum atomic E-state index is -2.83. The molecule has 0 saturated carbocycles. The van der Waals surface area contributed by atoms with Crippen LogP contribution in [0.5, 0.6) is 0 Å². The predicted molar refractivity (Wildman–Crippen MR) is 77.1 cm³/mol. The average molecular weight is 325 g/mol. The number of aromatic nitrogens is 3. The third-order valence-electron chi connectivity index (χ3n) is 3.82. The number of nitrogens with zero attached hydrogens (tertiary/aromatic N) is 3. The summed E-state index contributed by atoms with van der Waals surface area (Å²) in [5.74, 6) is -0.853. The van der Waals surface area contributed by atoms with E-state index < -0.39 is 12.3 Å². The van der Waals surface area contributed by atoms with E-state index in [0.29, 0.717) is 12.1 Å². The maximum Gasteiger partial charge on any atom is 0.314 e. The zero-order valence-electron chi connectivity index (χ0n) is 12.8. The van der Waals surface area contributed by atoms with Crippen LogP contribution in [-0.4, -0.2) is 26.5 Å². The van der Waals surface area contributed by atoms with Gasteiger partial charge in [-0.2, -0.15) is 8.78 Å². The molecule has 3 heterocycles. The van der Waals surface area contributed by atoms with Crippen LogP contribution in [0, 0.1) is 0 Å². The first-order chi connectivity index (χ1) is 10.8. The van der Waals surface area contributed by atoms with E-state index in [1.165, 1.54) is 10.6 Å². The van der Waals surface area contributed by atoms with Crippen LogP contribution in [0.25, 0.3) is 11.5 Å². The fourth-order valence-electron chi connectivity index (χ4n) is 2.66. The Morgan fingerprint density at radius 1 is 1.43 bits per heavy atom. The Balaban J connectivity index is 1.77. The number of hydrogen-bond acceptors (Lipinski definition) is 5. The molecule has 0 radical (unpaired) electrons. The van der Waals surface area contributed by atoms with E-state index in [0.717, 1.165) is 12.8 Å².